The van der Waals surface area contributed by atoms with Crippen LogP contribution in [0.3, 0.4) is 0 Å². The first-order valence-electron chi connectivity index (χ1n) is 9.65. The Morgan fingerprint density at radius 2 is 1.83 bits per heavy atom. The number of carbonyl (C=O) groups excluding carboxylic acids is 1. The topological polar surface area (TPSA) is 68.7 Å². The first-order chi connectivity index (χ1) is 14.1. The van der Waals surface area contributed by atoms with E-state index in [0.29, 0.717) is 31.1 Å². The van der Waals surface area contributed by atoms with Crippen LogP contribution >= 0.6 is 0 Å². The van der Waals surface area contributed by atoms with Gasteiger partial charge >= 0.3 is 0 Å². The van der Waals surface area contributed by atoms with E-state index in [1.165, 1.54) is 17.7 Å². The van der Waals surface area contributed by atoms with Crippen LogP contribution in [0.5, 0.6) is 5.75 Å². The van der Waals surface area contributed by atoms with Crippen molar-refractivity contribution >= 4 is 5.91 Å². The fourth-order valence-corrected chi connectivity index (χ4v) is 3.77. The largest absolute Gasteiger partial charge is 0.486 e. The lowest BCUT2D eigenvalue weighted by Crippen LogP contribution is -2.29. The molecule has 2 atom stereocenters. The third-order valence-corrected chi connectivity index (χ3v) is 5.33. The Balaban J connectivity index is 1.40. The summed E-state index contributed by atoms with van der Waals surface area (Å²) >= 11 is 0. The summed E-state index contributed by atoms with van der Waals surface area (Å²) in [6, 6.07) is 19.3. The summed E-state index contributed by atoms with van der Waals surface area (Å²) < 4.78 is 24.2. The van der Waals surface area contributed by atoms with Crippen LogP contribution in [0.2, 0.25) is 0 Å². The van der Waals surface area contributed by atoms with Crippen LogP contribution in [0.4, 0.5) is 4.39 Å². The van der Waals surface area contributed by atoms with Crippen LogP contribution in [0.1, 0.15) is 27.8 Å². The normalized spacial score (nSPS) is 18.8. The minimum absolute atomic E-state index is 0.144. The summed E-state index contributed by atoms with van der Waals surface area (Å²) in [6.07, 6.45) is 0. The molecular weight excluding hydrogens is 371 g/mol. The van der Waals surface area contributed by atoms with Crippen LogP contribution in [0, 0.1) is 11.7 Å². The van der Waals surface area contributed by atoms with Crippen molar-refractivity contribution in [1.29, 1.82) is 0 Å². The van der Waals surface area contributed by atoms with E-state index in [9.17, 15) is 9.18 Å². The molecule has 1 aromatic heterocycles. The van der Waals surface area contributed by atoms with Crippen LogP contribution in [-0.4, -0.2) is 30.4 Å². The number of hydrogen-bond acceptors (Lipinski definition) is 4. The zero-order valence-corrected chi connectivity index (χ0v) is 16.0. The van der Waals surface area contributed by atoms with E-state index < -0.39 is 0 Å². The van der Waals surface area contributed by atoms with Gasteiger partial charge in [-0.05, 0) is 54.4 Å². The average molecular weight is 394 g/mol. The number of nitrogens with two attached hydrogens (primary N) is 1. The number of carbonyl (C=O) groups is 1. The van der Waals surface area contributed by atoms with Crippen molar-refractivity contribution in [2.24, 2.45) is 11.7 Å². The second kappa shape index (κ2) is 8.49. The highest BCUT2D eigenvalue weighted by Crippen LogP contribution is 2.33. The van der Waals surface area contributed by atoms with Gasteiger partial charge in [0.2, 0.25) is 0 Å². The minimum atomic E-state index is -0.321. The summed E-state index contributed by atoms with van der Waals surface area (Å²) in [6.45, 7) is 1.92. The lowest BCUT2D eigenvalue weighted by molar-refractivity contribution is 0.0750. The highest BCUT2D eigenvalue weighted by Gasteiger charge is 2.36. The molecule has 1 saturated heterocycles. The fraction of sp³-hybridized carbons (Fsp3) is 0.261. The van der Waals surface area contributed by atoms with Gasteiger partial charge < -0.3 is 19.8 Å². The first kappa shape index (κ1) is 19.2. The Bertz CT molecular complexity index is 956. The number of benzene rings is 2. The molecule has 2 N–H and O–H groups in total. The van der Waals surface area contributed by atoms with E-state index >= 15 is 0 Å². The van der Waals surface area contributed by atoms with Gasteiger partial charge in [-0.25, -0.2) is 4.39 Å². The third kappa shape index (κ3) is 4.32. The summed E-state index contributed by atoms with van der Waals surface area (Å²) in [5.41, 5.74) is 7.17. The zero-order valence-electron chi connectivity index (χ0n) is 16.0. The molecule has 150 valence electrons. The van der Waals surface area contributed by atoms with Crippen molar-refractivity contribution in [2.45, 2.75) is 12.5 Å². The van der Waals surface area contributed by atoms with Crippen molar-refractivity contribution in [1.82, 2.24) is 4.90 Å². The molecule has 5 nitrogen and oxygen atoms in total. The Hall–Kier alpha value is -3.12. The molecule has 0 unspecified atom stereocenters. The molecule has 0 saturated carbocycles. The minimum Gasteiger partial charge on any atom is -0.486 e. The van der Waals surface area contributed by atoms with Crippen molar-refractivity contribution in [2.75, 3.05) is 19.6 Å². The lowest BCUT2D eigenvalue weighted by Gasteiger charge is -2.16. The van der Waals surface area contributed by atoms with Crippen molar-refractivity contribution in [3.8, 4) is 5.75 Å². The van der Waals surface area contributed by atoms with Gasteiger partial charge in [0.25, 0.3) is 5.91 Å². The average Bonchev–Trinajstić information content (AvgIpc) is 3.41. The molecule has 1 fully saturated rings. The maximum atomic E-state index is 13.0. The maximum absolute atomic E-state index is 13.0. The fourth-order valence-electron chi connectivity index (χ4n) is 3.77. The second-order valence-corrected chi connectivity index (χ2v) is 7.23. The van der Waals surface area contributed by atoms with E-state index in [1.807, 2.05) is 18.2 Å². The van der Waals surface area contributed by atoms with Crippen molar-refractivity contribution < 1.29 is 18.3 Å². The molecule has 1 aliphatic rings. The van der Waals surface area contributed by atoms with Gasteiger partial charge in [-0.15, -0.1) is 0 Å². The highest BCUT2D eigenvalue weighted by molar-refractivity contribution is 5.91. The summed E-state index contributed by atoms with van der Waals surface area (Å²) in [4.78, 5) is 14.7. The van der Waals surface area contributed by atoms with E-state index in [-0.39, 0.29) is 35.9 Å². The predicted molar refractivity (Wildman–Crippen MR) is 107 cm³/mol. The smallest absolute Gasteiger partial charge is 0.289 e. The molecular formula is C23H23FN2O3. The predicted octanol–water partition coefficient (Wildman–Crippen LogP) is 3.81. The SMILES string of the molecule is NC[C@@H]1CN(C(=O)c2ccc(COc3ccc(F)cc3)o2)C[C@H]1c1ccccc1. The molecule has 29 heavy (non-hydrogen) atoms. The Morgan fingerprint density at radius 1 is 1.07 bits per heavy atom. The summed E-state index contributed by atoms with van der Waals surface area (Å²) in [7, 11) is 0. The number of nitrogens with zero attached hydrogens (tertiary/aromatic N) is 1. The van der Waals surface area contributed by atoms with Crippen molar-refractivity contribution in [3.05, 3.63) is 89.6 Å². The Labute approximate surface area is 168 Å². The van der Waals surface area contributed by atoms with E-state index in [1.54, 1.807) is 29.2 Å². The lowest BCUT2D eigenvalue weighted by atomic mass is 9.89. The molecule has 2 heterocycles. The third-order valence-electron chi connectivity index (χ3n) is 5.33. The van der Waals surface area contributed by atoms with Crippen LogP contribution in [-0.2, 0) is 6.61 Å². The summed E-state index contributed by atoms with van der Waals surface area (Å²) in [5.74, 6) is 1.33. The first-order valence-corrected chi connectivity index (χ1v) is 9.65. The Kier molecular flexibility index (Phi) is 5.62. The van der Waals surface area contributed by atoms with Crippen LogP contribution in [0.25, 0.3) is 0 Å². The standard InChI is InChI=1S/C23H23FN2O3/c24-18-6-8-19(9-7-18)28-15-20-10-11-22(29-20)23(27)26-13-17(12-25)21(14-26)16-4-2-1-3-5-16/h1-11,17,21H,12-15,25H2/t17-,21+/m1/s1. The van der Waals surface area contributed by atoms with Gasteiger partial charge in [-0.3, -0.25) is 4.79 Å². The number of amides is 1. The molecule has 0 spiro atoms. The highest BCUT2D eigenvalue weighted by atomic mass is 19.1. The van der Waals surface area contributed by atoms with Gasteiger partial charge in [-0.1, -0.05) is 30.3 Å². The van der Waals surface area contributed by atoms with Gasteiger partial charge in [-0.2, -0.15) is 0 Å². The van der Waals surface area contributed by atoms with Gasteiger partial charge in [0, 0.05) is 19.0 Å². The van der Waals surface area contributed by atoms with Gasteiger partial charge in [0.05, 0.1) is 0 Å². The maximum Gasteiger partial charge on any atom is 0.289 e. The van der Waals surface area contributed by atoms with E-state index in [0.717, 1.165) is 0 Å². The molecule has 1 aliphatic heterocycles. The molecule has 2 aromatic carbocycles. The molecule has 3 aromatic rings. The molecule has 0 bridgehead atoms. The van der Waals surface area contributed by atoms with Crippen LogP contribution < -0.4 is 10.5 Å². The number of halogens is 1. The number of ether oxygens (including phenoxy) is 1. The monoisotopic (exact) mass is 394 g/mol. The molecule has 1 amide bonds. The van der Waals surface area contributed by atoms with Crippen molar-refractivity contribution in [3.63, 3.8) is 0 Å². The van der Waals surface area contributed by atoms with Crippen LogP contribution in [0.15, 0.2) is 71.1 Å². The number of furan rings is 1. The van der Waals surface area contributed by atoms with E-state index in [4.69, 9.17) is 14.9 Å². The Morgan fingerprint density at radius 3 is 2.55 bits per heavy atom. The number of rotatable bonds is 6. The number of likely N-dealkylation sites (tertiary alicyclic amines) is 1. The summed E-state index contributed by atoms with van der Waals surface area (Å²) in [5, 5.41) is 0. The molecule has 4 rings (SSSR count). The second-order valence-electron chi connectivity index (χ2n) is 7.23. The number of hydrogen-bond donors (Lipinski definition) is 1. The molecule has 0 aliphatic carbocycles. The molecule has 6 heteroatoms. The van der Waals surface area contributed by atoms with E-state index in [2.05, 4.69) is 12.1 Å². The van der Waals surface area contributed by atoms with Gasteiger partial charge in [0.1, 0.15) is 23.9 Å². The quantitative estimate of drug-likeness (QED) is 0.690. The van der Waals surface area contributed by atoms with Gasteiger partial charge in [0.15, 0.2) is 5.76 Å². The molecule has 0 radical (unpaired) electrons. The zero-order chi connectivity index (χ0) is 20.2.